The summed E-state index contributed by atoms with van der Waals surface area (Å²) in [6.45, 7) is 0.117. The molecule has 0 aliphatic carbocycles. The van der Waals surface area contributed by atoms with Crippen LogP contribution in [0.5, 0.6) is 0 Å². The van der Waals surface area contributed by atoms with Crippen molar-refractivity contribution < 1.29 is 14.1 Å². The van der Waals surface area contributed by atoms with Crippen molar-refractivity contribution in [2.75, 3.05) is 11.9 Å². The first-order chi connectivity index (χ1) is 12.2. The first-order valence-corrected chi connectivity index (χ1v) is 7.63. The van der Waals surface area contributed by atoms with Crippen LogP contribution in [0.1, 0.15) is 16.1 Å². The molecule has 2 N–H and O–H groups in total. The zero-order valence-corrected chi connectivity index (χ0v) is 13.3. The fraction of sp³-hybridized carbons (Fsp3) is 0.105. The molecule has 0 atom stereocenters. The highest BCUT2D eigenvalue weighted by Crippen LogP contribution is 2.19. The second-order valence-electron chi connectivity index (χ2n) is 5.28. The maximum atomic E-state index is 12.4. The van der Waals surface area contributed by atoms with Gasteiger partial charge in [-0.25, -0.2) is 0 Å². The molecule has 0 aliphatic heterocycles. The molecule has 124 valence electrons. The summed E-state index contributed by atoms with van der Waals surface area (Å²) < 4.78 is 5.19. The van der Waals surface area contributed by atoms with Crippen LogP contribution in [0.4, 0.5) is 5.69 Å². The van der Waals surface area contributed by atoms with E-state index in [1.165, 1.54) is 0 Å². The quantitative estimate of drug-likeness (QED) is 0.702. The standard InChI is InChI=1S/C19H15N3O3/c1-2-11-20-19(24)14-8-3-5-9-15(14)21-18(23)12-16-13-7-4-6-10-17(13)25-22-16/h1,3-10H,11-12H2,(H,20,24)(H,21,23). The third kappa shape index (κ3) is 3.67. The van der Waals surface area contributed by atoms with Crippen molar-refractivity contribution >= 4 is 28.5 Å². The van der Waals surface area contributed by atoms with E-state index in [1.54, 1.807) is 30.3 Å². The molecule has 0 unspecified atom stereocenters. The van der Waals surface area contributed by atoms with E-state index in [-0.39, 0.29) is 24.8 Å². The number of amides is 2. The average Bonchev–Trinajstić information content (AvgIpc) is 3.03. The summed E-state index contributed by atoms with van der Waals surface area (Å²) in [5.74, 6) is 1.70. The number of carbonyl (C=O) groups excluding carboxylic acids is 2. The molecule has 0 saturated carbocycles. The zero-order valence-electron chi connectivity index (χ0n) is 13.3. The molecule has 3 rings (SSSR count). The number of nitrogens with zero attached hydrogens (tertiary/aromatic N) is 1. The Morgan fingerprint density at radius 1 is 1.12 bits per heavy atom. The minimum Gasteiger partial charge on any atom is -0.356 e. The Labute approximate surface area is 144 Å². The maximum Gasteiger partial charge on any atom is 0.254 e. The minimum absolute atomic E-state index is 0.0390. The Balaban J connectivity index is 1.75. The highest BCUT2D eigenvalue weighted by molar-refractivity contribution is 6.04. The van der Waals surface area contributed by atoms with E-state index in [0.29, 0.717) is 22.5 Å². The summed E-state index contributed by atoms with van der Waals surface area (Å²) in [6.07, 6.45) is 5.18. The Morgan fingerprint density at radius 3 is 2.72 bits per heavy atom. The molecule has 0 fully saturated rings. The Morgan fingerprint density at radius 2 is 1.88 bits per heavy atom. The average molecular weight is 333 g/mol. The van der Waals surface area contributed by atoms with E-state index in [2.05, 4.69) is 21.7 Å². The molecule has 3 aromatic rings. The molecule has 0 spiro atoms. The predicted molar refractivity (Wildman–Crippen MR) is 94.0 cm³/mol. The van der Waals surface area contributed by atoms with Gasteiger partial charge in [0.05, 0.1) is 24.2 Å². The van der Waals surface area contributed by atoms with Crippen LogP contribution in [-0.2, 0) is 11.2 Å². The zero-order chi connectivity index (χ0) is 17.6. The number of rotatable bonds is 5. The highest BCUT2D eigenvalue weighted by Gasteiger charge is 2.15. The van der Waals surface area contributed by atoms with Gasteiger partial charge in [-0.2, -0.15) is 0 Å². The SMILES string of the molecule is C#CCNC(=O)c1ccccc1NC(=O)Cc1noc2ccccc12. The van der Waals surface area contributed by atoms with Crippen molar-refractivity contribution in [2.45, 2.75) is 6.42 Å². The van der Waals surface area contributed by atoms with Crippen LogP contribution >= 0.6 is 0 Å². The first kappa shape index (κ1) is 16.3. The Kier molecular flexibility index (Phi) is 4.77. The van der Waals surface area contributed by atoms with Crippen LogP contribution in [0, 0.1) is 12.3 Å². The molecule has 1 heterocycles. The summed E-state index contributed by atoms with van der Waals surface area (Å²) in [5, 5.41) is 10.0. The van der Waals surface area contributed by atoms with Crippen molar-refractivity contribution in [2.24, 2.45) is 0 Å². The van der Waals surface area contributed by atoms with Gasteiger partial charge in [0.15, 0.2) is 5.58 Å². The molecule has 2 amide bonds. The van der Waals surface area contributed by atoms with E-state index in [9.17, 15) is 9.59 Å². The monoisotopic (exact) mass is 333 g/mol. The van der Waals surface area contributed by atoms with Crippen LogP contribution in [0.3, 0.4) is 0 Å². The summed E-state index contributed by atoms with van der Waals surface area (Å²) in [6, 6.07) is 14.0. The molecule has 2 aromatic carbocycles. The van der Waals surface area contributed by atoms with Gasteiger partial charge in [-0.15, -0.1) is 6.42 Å². The van der Waals surface area contributed by atoms with Crippen molar-refractivity contribution in [1.29, 1.82) is 0 Å². The Hall–Kier alpha value is -3.59. The Bertz CT molecular complexity index is 969. The van der Waals surface area contributed by atoms with Gasteiger partial charge in [0.2, 0.25) is 5.91 Å². The molecule has 0 radical (unpaired) electrons. The van der Waals surface area contributed by atoms with Gasteiger partial charge in [-0.1, -0.05) is 35.3 Å². The molecule has 6 heteroatoms. The number of para-hydroxylation sites is 2. The predicted octanol–water partition coefficient (Wildman–Crippen LogP) is 2.37. The molecule has 25 heavy (non-hydrogen) atoms. The van der Waals surface area contributed by atoms with Crippen LogP contribution < -0.4 is 10.6 Å². The second kappa shape index (κ2) is 7.32. The topological polar surface area (TPSA) is 84.2 Å². The van der Waals surface area contributed by atoms with E-state index in [4.69, 9.17) is 10.9 Å². The van der Waals surface area contributed by atoms with Crippen molar-refractivity contribution in [1.82, 2.24) is 10.5 Å². The molecule has 1 aromatic heterocycles. The number of hydrogen-bond donors (Lipinski definition) is 2. The third-order valence-corrected chi connectivity index (χ3v) is 3.58. The lowest BCUT2D eigenvalue weighted by Crippen LogP contribution is -2.25. The highest BCUT2D eigenvalue weighted by atomic mass is 16.5. The summed E-state index contributed by atoms with van der Waals surface area (Å²) in [7, 11) is 0. The molecule has 0 saturated heterocycles. The number of carbonyl (C=O) groups is 2. The fourth-order valence-electron chi connectivity index (χ4n) is 2.43. The van der Waals surface area contributed by atoms with Gasteiger partial charge in [-0.3, -0.25) is 9.59 Å². The summed E-state index contributed by atoms with van der Waals surface area (Å²) in [4.78, 5) is 24.5. The van der Waals surface area contributed by atoms with Gasteiger partial charge < -0.3 is 15.2 Å². The normalized spacial score (nSPS) is 10.2. The first-order valence-electron chi connectivity index (χ1n) is 7.63. The van der Waals surface area contributed by atoms with Crippen molar-refractivity contribution in [3.05, 3.63) is 59.8 Å². The lowest BCUT2D eigenvalue weighted by Gasteiger charge is -2.10. The van der Waals surface area contributed by atoms with Crippen LogP contribution in [0.25, 0.3) is 11.0 Å². The van der Waals surface area contributed by atoms with E-state index in [0.717, 1.165) is 5.39 Å². The lowest BCUT2D eigenvalue weighted by molar-refractivity contribution is -0.115. The van der Waals surface area contributed by atoms with E-state index in [1.807, 2.05) is 18.2 Å². The van der Waals surface area contributed by atoms with E-state index >= 15 is 0 Å². The summed E-state index contributed by atoms with van der Waals surface area (Å²) >= 11 is 0. The number of anilines is 1. The summed E-state index contributed by atoms with van der Waals surface area (Å²) in [5.41, 5.74) is 1.92. The van der Waals surface area contributed by atoms with E-state index < -0.39 is 0 Å². The number of aromatic nitrogens is 1. The molecule has 6 nitrogen and oxygen atoms in total. The van der Waals surface area contributed by atoms with Gasteiger partial charge in [0.1, 0.15) is 5.69 Å². The number of nitrogens with one attached hydrogen (secondary N) is 2. The molecular formula is C19H15N3O3. The number of benzene rings is 2. The number of fused-ring (bicyclic) bond motifs is 1. The maximum absolute atomic E-state index is 12.4. The molecular weight excluding hydrogens is 318 g/mol. The molecule has 0 bridgehead atoms. The van der Waals surface area contributed by atoms with Crippen LogP contribution in [-0.4, -0.2) is 23.5 Å². The lowest BCUT2D eigenvalue weighted by atomic mass is 10.1. The fourth-order valence-corrected chi connectivity index (χ4v) is 2.43. The largest absolute Gasteiger partial charge is 0.356 e. The molecule has 0 aliphatic rings. The van der Waals surface area contributed by atoms with Gasteiger partial charge in [0.25, 0.3) is 5.91 Å². The van der Waals surface area contributed by atoms with Crippen LogP contribution in [0.15, 0.2) is 53.1 Å². The minimum atomic E-state index is -0.347. The van der Waals surface area contributed by atoms with Crippen molar-refractivity contribution in [3.8, 4) is 12.3 Å². The number of terminal acetylenes is 1. The smallest absolute Gasteiger partial charge is 0.254 e. The number of hydrogen-bond acceptors (Lipinski definition) is 4. The van der Waals surface area contributed by atoms with Crippen molar-refractivity contribution in [3.63, 3.8) is 0 Å². The van der Waals surface area contributed by atoms with Crippen LogP contribution in [0.2, 0.25) is 0 Å². The third-order valence-electron chi connectivity index (χ3n) is 3.58. The second-order valence-corrected chi connectivity index (χ2v) is 5.28. The van der Waals surface area contributed by atoms with Gasteiger partial charge in [0, 0.05) is 5.39 Å². The van der Waals surface area contributed by atoms with Gasteiger partial charge >= 0.3 is 0 Å². The van der Waals surface area contributed by atoms with Gasteiger partial charge in [-0.05, 0) is 24.3 Å².